The number of thiazole rings is 1. The molecule has 0 radical (unpaired) electrons. The highest BCUT2D eigenvalue weighted by Crippen LogP contribution is 2.34. The van der Waals surface area contributed by atoms with Crippen LogP contribution in [0.2, 0.25) is 5.02 Å². The van der Waals surface area contributed by atoms with Crippen LogP contribution in [0.1, 0.15) is 31.5 Å². The number of hydrogen-bond acceptors (Lipinski definition) is 8. The third-order valence-corrected chi connectivity index (χ3v) is 5.89. The van der Waals surface area contributed by atoms with Gasteiger partial charge in [-0.3, -0.25) is 0 Å². The maximum Gasteiger partial charge on any atom is 0.220 e. The van der Waals surface area contributed by atoms with Gasteiger partial charge in [-0.1, -0.05) is 17.5 Å². The molecule has 4 heterocycles. The second kappa shape index (κ2) is 8.15. The predicted molar refractivity (Wildman–Crippen MR) is 125 cm³/mol. The molecule has 4 aromatic rings. The molecular weight excluding hydrogens is 448 g/mol. The highest BCUT2D eigenvalue weighted by Gasteiger charge is 2.23. The van der Waals surface area contributed by atoms with Crippen molar-refractivity contribution in [2.24, 2.45) is 0 Å². The molecule has 1 atom stereocenters. The van der Waals surface area contributed by atoms with Gasteiger partial charge in [-0.15, -0.1) is 11.3 Å². The van der Waals surface area contributed by atoms with Gasteiger partial charge >= 0.3 is 0 Å². The molecule has 0 amide bonds. The maximum atomic E-state index is 10.6. The summed E-state index contributed by atoms with van der Waals surface area (Å²) in [5, 5.41) is 24.4. The molecule has 0 bridgehead atoms. The van der Waals surface area contributed by atoms with Gasteiger partial charge in [0, 0.05) is 28.7 Å². The van der Waals surface area contributed by atoms with E-state index in [-0.39, 0.29) is 5.95 Å². The Kier molecular flexibility index (Phi) is 5.65. The summed E-state index contributed by atoms with van der Waals surface area (Å²) in [5.74, 6) is 5.87. The lowest BCUT2D eigenvalue weighted by Gasteiger charge is -2.18. The van der Waals surface area contributed by atoms with Crippen LogP contribution in [0.15, 0.2) is 36.2 Å². The van der Waals surface area contributed by atoms with E-state index in [1.807, 2.05) is 10.8 Å². The number of nitrogen functional groups attached to an aromatic ring is 1. The number of halogens is 1. The number of aromatic nitrogens is 5. The summed E-state index contributed by atoms with van der Waals surface area (Å²) >= 11 is 7.70. The Balaban J connectivity index is 1.86. The lowest BCUT2D eigenvalue weighted by Crippen LogP contribution is -2.25. The van der Waals surface area contributed by atoms with Gasteiger partial charge in [0.15, 0.2) is 5.60 Å². The Morgan fingerprint density at radius 3 is 2.66 bits per heavy atom. The van der Waals surface area contributed by atoms with Crippen molar-refractivity contribution in [2.45, 2.75) is 38.5 Å². The monoisotopic (exact) mass is 468 g/mol. The van der Waals surface area contributed by atoms with Crippen molar-refractivity contribution in [3.8, 4) is 23.1 Å². The second-order valence-electron chi connectivity index (χ2n) is 8.15. The van der Waals surface area contributed by atoms with Crippen LogP contribution >= 0.6 is 22.9 Å². The molecular formula is C22H21ClN6O2S. The molecule has 0 aliphatic heterocycles. The zero-order chi connectivity index (χ0) is 23.1. The molecule has 0 aliphatic rings. The van der Waals surface area contributed by atoms with Gasteiger partial charge in [0.25, 0.3) is 0 Å². The molecule has 4 rings (SSSR count). The normalized spacial score (nSPS) is 13.6. The van der Waals surface area contributed by atoms with Crippen molar-refractivity contribution in [1.82, 2.24) is 24.5 Å². The summed E-state index contributed by atoms with van der Waals surface area (Å²) < 4.78 is 1.88. The topological polar surface area (TPSA) is 123 Å². The molecule has 0 spiro atoms. The largest absolute Gasteiger partial charge is 0.389 e. The Morgan fingerprint density at radius 2 is 1.97 bits per heavy atom. The Morgan fingerprint density at radius 1 is 1.19 bits per heavy atom. The van der Waals surface area contributed by atoms with E-state index >= 15 is 0 Å². The fraction of sp³-hybridized carbons (Fsp3) is 0.273. The van der Waals surface area contributed by atoms with Crippen LogP contribution in [0.25, 0.3) is 22.2 Å². The van der Waals surface area contributed by atoms with Crippen LogP contribution in [-0.2, 0) is 12.1 Å². The Labute approximate surface area is 193 Å². The molecule has 8 nitrogen and oxygen atoms in total. The van der Waals surface area contributed by atoms with Gasteiger partial charge in [-0.2, -0.15) is 0 Å². The van der Waals surface area contributed by atoms with Crippen molar-refractivity contribution in [3.05, 3.63) is 52.0 Å². The Hall–Kier alpha value is -3.03. The van der Waals surface area contributed by atoms with Crippen LogP contribution in [0.5, 0.6) is 0 Å². The van der Waals surface area contributed by atoms with Crippen molar-refractivity contribution >= 4 is 39.8 Å². The van der Waals surface area contributed by atoms with Gasteiger partial charge in [-0.25, -0.2) is 19.9 Å². The fourth-order valence-corrected chi connectivity index (χ4v) is 4.11. The van der Waals surface area contributed by atoms with E-state index in [0.29, 0.717) is 33.5 Å². The highest BCUT2D eigenvalue weighted by molar-refractivity contribution is 7.09. The van der Waals surface area contributed by atoms with Crippen molar-refractivity contribution in [1.29, 1.82) is 0 Å². The summed E-state index contributed by atoms with van der Waals surface area (Å²) in [6.45, 7) is 5.36. The van der Waals surface area contributed by atoms with Gasteiger partial charge in [-0.05, 0) is 32.8 Å². The zero-order valence-corrected chi connectivity index (χ0v) is 19.2. The lowest BCUT2D eigenvalue weighted by atomic mass is 10.1. The molecule has 4 aromatic heterocycles. The van der Waals surface area contributed by atoms with Crippen LogP contribution in [-0.4, -0.2) is 40.3 Å². The van der Waals surface area contributed by atoms with Gasteiger partial charge in [0.1, 0.15) is 10.7 Å². The quantitative estimate of drug-likeness (QED) is 0.393. The standard InChI is InChI=1S/C22H21ClN6O2S/c1-21(2,30)12-29-11-15(18-16(23)9-27-20(24)28-18)14-8-13(26-10-17(14)29)4-5-22(3,31)19-25-6-7-32-19/h6-11,30-31H,12H2,1-3H3,(H2,24,27,28). The number of rotatable bonds is 4. The van der Waals surface area contributed by atoms with E-state index in [1.54, 1.807) is 44.6 Å². The first kappa shape index (κ1) is 22.2. The zero-order valence-electron chi connectivity index (χ0n) is 17.7. The van der Waals surface area contributed by atoms with E-state index in [4.69, 9.17) is 17.3 Å². The molecule has 4 N–H and O–H groups in total. The molecule has 164 valence electrons. The van der Waals surface area contributed by atoms with E-state index in [9.17, 15) is 10.2 Å². The van der Waals surface area contributed by atoms with Crippen LogP contribution < -0.4 is 5.73 Å². The average Bonchev–Trinajstić information content (AvgIpc) is 3.36. The summed E-state index contributed by atoms with van der Waals surface area (Å²) in [5.41, 5.74) is 5.84. The number of nitrogens with zero attached hydrogens (tertiary/aromatic N) is 5. The minimum Gasteiger partial charge on any atom is -0.389 e. The number of nitrogens with two attached hydrogens (primary N) is 1. The number of aliphatic hydroxyl groups is 2. The SMILES string of the molecule is CC(C)(O)Cn1cc(-c2nc(N)ncc2Cl)c2cc(C#CC(C)(O)c3nccs3)ncc21. The third-order valence-electron chi connectivity index (χ3n) is 4.63. The van der Waals surface area contributed by atoms with Gasteiger partial charge in [0.2, 0.25) is 5.95 Å². The van der Waals surface area contributed by atoms with Crippen LogP contribution in [0.3, 0.4) is 0 Å². The summed E-state index contributed by atoms with van der Waals surface area (Å²) in [6, 6.07) is 1.80. The summed E-state index contributed by atoms with van der Waals surface area (Å²) in [7, 11) is 0. The Bertz CT molecular complexity index is 1350. The number of anilines is 1. The second-order valence-corrected chi connectivity index (χ2v) is 9.46. The summed E-state index contributed by atoms with van der Waals surface area (Å²) in [4.78, 5) is 16.8. The third kappa shape index (κ3) is 4.59. The van der Waals surface area contributed by atoms with Gasteiger partial charge in [0.05, 0.1) is 40.8 Å². The first-order valence-electron chi connectivity index (χ1n) is 9.69. The van der Waals surface area contributed by atoms with Crippen LogP contribution in [0.4, 0.5) is 5.95 Å². The van der Waals surface area contributed by atoms with Crippen LogP contribution in [0, 0.1) is 11.8 Å². The first-order valence-corrected chi connectivity index (χ1v) is 10.9. The maximum absolute atomic E-state index is 10.6. The molecule has 0 aromatic carbocycles. The van der Waals surface area contributed by atoms with E-state index in [0.717, 1.165) is 10.9 Å². The molecule has 0 saturated heterocycles. The van der Waals surface area contributed by atoms with Crippen molar-refractivity contribution in [3.63, 3.8) is 0 Å². The highest BCUT2D eigenvalue weighted by atomic mass is 35.5. The smallest absolute Gasteiger partial charge is 0.220 e. The molecule has 32 heavy (non-hydrogen) atoms. The van der Waals surface area contributed by atoms with E-state index < -0.39 is 11.2 Å². The summed E-state index contributed by atoms with van der Waals surface area (Å²) in [6.07, 6.45) is 6.59. The molecule has 0 fully saturated rings. The molecule has 10 heteroatoms. The molecule has 1 unspecified atom stereocenters. The first-order chi connectivity index (χ1) is 15.0. The number of fused-ring (bicyclic) bond motifs is 1. The fourth-order valence-electron chi connectivity index (χ4n) is 3.27. The number of pyridine rings is 1. The lowest BCUT2D eigenvalue weighted by molar-refractivity contribution is 0.0628. The molecule has 0 saturated carbocycles. The number of hydrogen-bond donors (Lipinski definition) is 3. The minimum atomic E-state index is -1.40. The van der Waals surface area contributed by atoms with Crippen molar-refractivity contribution < 1.29 is 10.2 Å². The average molecular weight is 469 g/mol. The van der Waals surface area contributed by atoms with E-state index in [2.05, 4.69) is 31.8 Å². The predicted octanol–water partition coefficient (Wildman–Crippen LogP) is 3.22. The minimum absolute atomic E-state index is 0.0985. The molecule has 0 aliphatic carbocycles. The van der Waals surface area contributed by atoms with E-state index in [1.165, 1.54) is 17.5 Å². The van der Waals surface area contributed by atoms with Crippen molar-refractivity contribution in [2.75, 3.05) is 5.73 Å². The van der Waals surface area contributed by atoms with Gasteiger partial charge < -0.3 is 20.5 Å².